The Labute approximate surface area is 94.2 Å². The van der Waals surface area contributed by atoms with Crippen LogP contribution in [0.1, 0.15) is 52.4 Å². The zero-order valence-corrected chi connectivity index (χ0v) is 10.3. The molecule has 0 aromatic carbocycles. The summed E-state index contributed by atoms with van der Waals surface area (Å²) in [6.45, 7) is 7.30. The maximum Gasteiger partial charge on any atom is 0.0153 e. The molecule has 0 aromatic heterocycles. The van der Waals surface area contributed by atoms with Gasteiger partial charge in [0.2, 0.25) is 0 Å². The van der Waals surface area contributed by atoms with Gasteiger partial charge in [0.25, 0.3) is 0 Å². The Balaban J connectivity index is 1.90. The maximum absolute atomic E-state index is 6.22. The van der Waals surface area contributed by atoms with Crippen LogP contribution in [0.4, 0.5) is 0 Å². The van der Waals surface area contributed by atoms with Gasteiger partial charge in [0.1, 0.15) is 0 Å². The van der Waals surface area contributed by atoms with Crippen LogP contribution < -0.4 is 5.73 Å². The molecular formula is C13H26N2. The van der Waals surface area contributed by atoms with Gasteiger partial charge in [-0.25, -0.2) is 0 Å². The van der Waals surface area contributed by atoms with Crippen LogP contribution in [0.5, 0.6) is 0 Å². The fourth-order valence-corrected chi connectivity index (χ4v) is 3.25. The normalized spacial score (nSPS) is 37.0. The Morgan fingerprint density at radius 1 is 1.20 bits per heavy atom. The molecule has 0 bridgehead atoms. The van der Waals surface area contributed by atoms with Crippen molar-refractivity contribution in [2.45, 2.75) is 64.0 Å². The molecular weight excluding hydrogens is 184 g/mol. The lowest BCUT2D eigenvalue weighted by Crippen LogP contribution is -2.46. The third kappa shape index (κ3) is 2.54. The van der Waals surface area contributed by atoms with Crippen molar-refractivity contribution in [3.63, 3.8) is 0 Å². The van der Waals surface area contributed by atoms with E-state index in [1.807, 2.05) is 0 Å². The molecule has 0 amide bonds. The van der Waals surface area contributed by atoms with E-state index in [1.54, 1.807) is 0 Å². The Bertz CT molecular complexity index is 213. The summed E-state index contributed by atoms with van der Waals surface area (Å²) in [6, 6.07) is 0.468. The van der Waals surface area contributed by atoms with Crippen LogP contribution in [-0.4, -0.2) is 29.6 Å². The van der Waals surface area contributed by atoms with E-state index in [-0.39, 0.29) is 0 Å². The van der Waals surface area contributed by atoms with Gasteiger partial charge in [-0.1, -0.05) is 12.8 Å². The Kier molecular flexibility index (Phi) is 3.36. The van der Waals surface area contributed by atoms with Crippen molar-refractivity contribution in [2.24, 2.45) is 11.7 Å². The highest BCUT2D eigenvalue weighted by Gasteiger charge is 2.34. The molecule has 2 unspecified atom stereocenters. The molecule has 2 fully saturated rings. The number of rotatable bonds is 2. The standard InChI is InChI=1S/C13H26N2/c1-13(2)8-5-9-15(13)10-11-6-3-4-7-12(11)14/h11-12H,3-10,14H2,1-2H3. The van der Waals surface area contributed by atoms with Gasteiger partial charge in [0, 0.05) is 18.1 Å². The molecule has 1 saturated heterocycles. The summed E-state index contributed by atoms with van der Waals surface area (Å²) in [7, 11) is 0. The molecule has 15 heavy (non-hydrogen) atoms. The van der Waals surface area contributed by atoms with Crippen LogP contribution in [0.25, 0.3) is 0 Å². The number of hydrogen-bond acceptors (Lipinski definition) is 2. The lowest BCUT2D eigenvalue weighted by atomic mass is 9.84. The highest BCUT2D eigenvalue weighted by Crippen LogP contribution is 2.32. The summed E-state index contributed by atoms with van der Waals surface area (Å²) < 4.78 is 0. The molecule has 1 saturated carbocycles. The van der Waals surface area contributed by atoms with Crippen molar-refractivity contribution in [2.75, 3.05) is 13.1 Å². The molecule has 2 heteroatoms. The van der Waals surface area contributed by atoms with Crippen molar-refractivity contribution >= 4 is 0 Å². The fraction of sp³-hybridized carbons (Fsp3) is 1.00. The zero-order chi connectivity index (χ0) is 10.9. The summed E-state index contributed by atoms with van der Waals surface area (Å²) in [5, 5.41) is 0. The Morgan fingerprint density at radius 2 is 1.93 bits per heavy atom. The van der Waals surface area contributed by atoms with Gasteiger partial charge in [0.05, 0.1) is 0 Å². The Morgan fingerprint density at radius 3 is 2.53 bits per heavy atom. The summed E-state index contributed by atoms with van der Waals surface area (Å²) in [6.07, 6.45) is 8.07. The summed E-state index contributed by atoms with van der Waals surface area (Å²) in [4.78, 5) is 2.67. The van der Waals surface area contributed by atoms with Crippen molar-refractivity contribution in [1.29, 1.82) is 0 Å². The Hall–Kier alpha value is -0.0800. The molecule has 2 aliphatic rings. The maximum atomic E-state index is 6.22. The van der Waals surface area contributed by atoms with Crippen LogP contribution in [0.15, 0.2) is 0 Å². The molecule has 2 N–H and O–H groups in total. The molecule has 0 radical (unpaired) electrons. The van der Waals surface area contributed by atoms with E-state index in [1.165, 1.54) is 51.6 Å². The molecule has 2 rings (SSSR count). The molecule has 1 aliphatic heterocycles. The summed E-state index contributed by atoms with van der Waals surface area (Å²) in [5.74, 6) is 0.760. The van der Waals surface area contributed by atoms with Crippen LogP contribution in [-0.2, 0) is 0 Å². The SMILES string of the molecule is CC1(C)CCCN1CC1CCCCC1N. The minimum atomic E-state index is 0.428. The van der Waals surface area contributed by atoms with E-state index in [4.69, 9.17) is 5.73 Å². The minimum Gasteiger partial charge on any atom is -0.327 e. The van der Waals surface area contributed by atoms with Crippen molar-refractivity contribution in [3.8, 4) is 0 Å². The van der Waals surface area contributed by atoms with E-state index >= 15 is 0 Å². The third-order valence-electron chi connectivity index (χ3n) is 4.50. The first kappa shape index (κ1) is 11.4. The number of likely N-dealkylation sites (tertiary alicyclic amines) is 1. The van der Waals surface area contributed by atoms with Gasteiger partial charge < -0.3 is 5.73 Å². The monoisotopic (exact) mass is 210 g/mol. The molecule has 1 heterocycles. The van der Waals surface area contributed by atoms with E-state index in [2.05, 4.69) is 18.7 Å². The smallest absolute Gasteiger partial charge is 0.0153 e. The number of hydrogen-bond donors (Lipinski definition) is 1. The van der Waals surface area contributed by atoms with E-state index in [0.29, 0.717) is 11.6 Å². The average molecular weight is 210 g/mol. The van der Waals surface area contributed by atoms with Gasteiger partial charge in [-0.3, -0.25) is 4.90 Å². The van der Waals surface area contributed by atoms with Gasteiger partial charge in [-0.15, -0.1) is 0 Å². The molecule has 2 atom stereocenters. The highest BCUT2D eigenvalue weighted by molar-refractivity contribution is 4.91. The molecule has 88 valence electrons. The second-order valence-corrected chi connectivity index (χ2v) is 6.07. The predicted molar refractivity (Wildman–Crippen MR) is 64.8 cm³/mol. The quantitative estimate of drug-likeness (QED) is 0.758. The van der Waals surface area contributed by atoms with Crippen molar-refractivity contribution < 1.29 is 0 Å². The van der Waals surface area contributed by atoms with Crippen molar-refractivity contribution in [1.82, 2.24) is 4.90 Å². The first-order valence-corrected chi connectivity index (χ1v) is 6.60. The van der Waals surface area contributed by atoms with Crippen LogP contribution in [0, 0.1) is 5.92 Å². The van der Waals surface area contributed by atoms with E-state index in [0.717, 1.165) is 5.92 Å². The minimum absolute atomic E-state index is 0.428. The molecule has 2 nitrogen and oxygen atoms in total. The van der Waals surface area contributed by atoms with Gasteiger partial charge in [-0.2, -0.15) is 0 Å². The molecule has 0 spiro atoms. The second-order valence-electron chi connectivity index (χ2n) is 6.07. The van der Waals surface area contributed by atoms with Gasteiger partial charge >= 0.3 is 0 Å². The van der Waals surface area contributed by atoms with E-state index in [9.17, 15) is 0 Å². The van der Waals surface area contributed by atoms with Crippen molar-refractivity contribution in [3.05, 3.63) is 0 Å². The summed E-state index contributed by atoms with van der Waals surface area (Å²) in [5.41, 5.74) is 6.65. The van der Waals surface area contributed by atoms with E-state index < -0.39 is 0 Å². The lowest BCUT2D eigenvalue weighted by molar-refractivity contribution is 0.124. The second kappa shape index (κ2) is 4.42. The highest BCUT2D eigenvalue weighted by atomic mass is 15.2. The average Bonchev–Trinajstić information content (AvgIpc) is 2.50. The fourth-order valence-electron chi connectivity index (χ4n) is 3.25. The van der Waals surface area contributed by atoms with Crippen LogP contribution >= 0.6 is 0 Å². The first-order valence-electron chi connectivity index (χ1n) is 6.60. The van der Waals surface area contributed by atoms with Crippen LogP contribution in [0.2, 0.25) is 0 Å². The number of nitrogens with zero attached hydrogens (tertiary/aromatic N) is 1. The zero-order valence-electron chi connectivity index (χ0n) is 10.3. The summed E-state index contributed by atoms with van der Waals surface area (Å²) >= 11 is 0. The largest absolute Gasteiger partial charge is 0.327 e. The number of nitrogens with two attached hydrogens (primary N) is 1. The third-order valence-corrected chi connectivity index (χ3v) is 4.50. The lowest BCUT2D eigenvalue weighted by Gasteiger charge is -2.38. The van der Waals surface area contributed by atoms with Crippen LogP contribution in [0.3, 0.4) is 0 Å². The molecule has 0 aromatic rings. The topological polar surface area (TPSA) is 29.3 Å². The van der Waals surface area contributed by atoms with Gasteiger partial charge in [-0.05, 0) is 52.0 Å². The molecule has 1 aliphatic carbocycles. The predicted octanol–water partition coefficient (Wildman–Crippen LogP) is 2.38. The van der Waals surface area contributed by atoms with Gasteiger partial charge in [0.15, 0.2) is 0 Å². The first-order chi connectivity index (χ1) is 7.09.